The number of aromatic nitrogens is 2. The van der Waals surface area contributed by atoms with Gasteiger partial charge >= 0.3 is 5.97 Å². The van der Waals surface area contributed by atoms with Crippen LogP contribution in [0.4, 0.5) is 11.6 Å². The summed E-state index contributed by atoms with van der Waals surface area (Å²) in [6.07, 6.45) is -0.108. The highest BCUT2D eigenvalue weighted by atomic mass is 16.5. The van der Waals surface area contributed by atoms with Gasteiger partial charge in [-0.25, -0.2) is 9.97 Å². The highest BCUT2D eigenvalue weighted by Gasteiger charge is 2.35. The van der Waals surface area contributed by atoms with E-state index in [0.29, 0.717) is 28.5 Å². The van der Waals surface area contributed by atoms with Gasteiger partial charge in [0.25, 0.3) is 11.8 Å². The molecule has 1 aliphatic heterocycles. The molecule has 0 unspecified atom stereocenters. The van der Waals surface area contributed by atoms with Crippen LogP contribution in [0, 0.1) is 13.8 Å². The fraction of sp³-hybridized carbons (Fsp3) is 0.174. The van der Waals surface area contributed by atoms with Crippen molar-refractivity contribution in [3.8, 4) is 5.75 Å². The standard InChI is InChI=1S/C23H20N4O4/c1-14-12-15(2)25-23(24-14)26-16-6-5-7-17(13-16)31-20(28)10-11-27-21(29)18-8-3-4-9-19(18)22(27)30/h3-9,12-13H,10-11H2,1-2H3,(H,24,25,26). The zero-order chi connectivity index (χ0) is 22.0. The van der Waals surface area contributed by atoms with Crippen molar-refractivity contribution in [3.05, 3.63) is 77.1 Å². The van der Waals surface area contributed by atoms with Crippen molar-refractivity contribution in [2.24, 2.45) is 0 Å². The molecule has 4 rings (SSSR count). The number of nitrogens with zero attached hydrogens (tertiary/aromatic N) is 3. The summed E-state index contributed by atoms with van der Waals surface area (Å²) >= 11 is 0. The lowest BCUT2D eigenvalue weighted by atomic mass is 10.1. The minimum Gasteiger partial charge on any atom is -0.426 e. The molecule has 8 nitrogen and oxygen atoms in total. The van der Waals surface area contributed by atoms with E-state index in [1.807, 2.05) is 19.9 Å². The third kappa shape index (κ3) is 4.42. The number of rotatable bonds is 6. The predicted molar refractivity (Wildman–Crippen MR) is 113 cm³/mol. The number of carbonyl (C=O) groups is 3. The van der Waals surface area contributed by atoms with Crippen molar-refractivity contribution in [3.63, 3.8) is 0 Å². The molecule has 0 spiro atoms. The summed E-state index contributed by atoms with van der Waals surface area (Å²) < 4.78 is 5.38. The fourth-order valence-electron chi connectivity index (χ4n) is 3.38. The maximum absolute atomic E-state index is 12.4. The van der Waals surface area contributed by atoms with Gasteiger partial charge < -0.3 is 10.1 Å². The number of esters is 1. The molecule has 8 heteroatoms. The minimum absolute atomic E-state index is 0.0421. The van der Waals surface area contributed by atoms with Crippen molar-refractivity contribution in [1.29, 1.82) is 0 Å². The van der Waals surface area contributed by atoms with Gasteiger partial charge in [-0.1, -0.05) is 18.2 Å². The smallest absolute Gasteiger partial charge is 0.313 e. The summed E-state index contributed by atoms with van der Waals surface area (Å²) in [6, 6.07) is 15.3. The maximum atomic E-state index is 12.4. The lowest BCUT2D eigenvalue weighted by Crippen LogP contribution is -2.32. The quantitative estimate of drug-likeness (QED) is 0.373. The van der Waals surface area contributed by atoms with Crippen molar-refractivity contribution in [1.82, 2.24) is 14.9 Å². The van der Waals surface area contributed by atoms with E-state index in [0.717, 1.165) is 16.3 Å². The molecule has 2 heterocycles. The number of amides is 2. The van der Waals surface area contributed by atoms with E-state index in [2.05, 4.69) is 15.3 Å². The molecular weight excluding hydrogens is 396 g/mol. The highest BCUT2D eigenvalue weighted by molar-refractivity contribution is 6.21. The first-order valence-electron chi connectivity index (χ1n) is 9.76. The summed E-state index contributed by atoms with van der Waals surface area (Å²) in [7, 11) is 0. The van der Waals surface area contributed by atoms with Gasteiger partial charge in [-0.05, 0) is 44.2 Å². The van der Waals surface area contributed by atoms with E-state index in [9.17, 15) is 14.4 Å². The van der Waals surface area contributed by atoms with Gasteiger partial charge in [-0.2, -0.15) is 0 Å². The van der Waals surface area contributed by atoms with Gasteiger partial charge in [-0.3, -0.25) is 19.3 Å². The Morgan fingerprint density at radius 1 is 0.935 bits per heavy atom. The fourth-order valence-corrected chi connectivity index (χ4v) is 3.38. The lowest BCUT2D eigenvalue weighted by Gasteiger charge is -2.13. The van der Waals surface area contributed by atoms with Gasteiger partial charge in [0, 0.05) is 29.7 Å². The Hall–Kier alpha value is -4.07. The Bertz CT molecular complexity index is 1140. The van der Waals surface area contributed by atoms with Gasteiger partial charge in [0.05, 0.1) is 17.5 Å². The van der Waals surface area contributed by atoms with Crippen LogP contribution in [-0.2, 0) is 4.79 Å². The molecule has 1 N–H and O–H groups in total. The number of carbonyl (C=O) groups excluding carboxylic acids is 3. The van der Waals surface area contributed by atoms with Gasteiger partial charge in [0.15, 0.2) is 0 Å². The summed E-state index contributed by atoms with van der Waals surface area (Å²) in [5.41, 5.74) is 3.05. The summed E-state index contributed by atoms with van der Waals surface area (Å²) in [4.78, 5) is 46.8. The van der Waals surface area contributed by atoms with Crippen LogP contribution in [0.15, 0.2) is 54.6 Å². The Morgan fingerprint density at radius 3 is 2.23 bits per heavy atom. The van der Waals surface area contributed by atoms with E-state index in [-0.39, 0.29) is 13.0 Å². The molecule has 156 valence electrons. The number of hydrogen-bond acceptors (Lipinski definition) is 7. The van der Waals surface area contributed by atoms with Crippen LogP contribution < -0.4 is 10.1 Å². The van der Waals surface area contributed by atoms with Crippen LogP contribution >= 0.6 is 0 Å². The Kier molecular flexibility index (Phi) is 5.44. The van der Waals surface area contributed by atoms with Crippen LogP contribution in [0.25, 0.3) is 0 Å². The number of fused-ring (bicyclic) bond motifs is 1. The lowest BCUT2D eigenvalue weighted by molar-refractivity contribution is -0.134. The maximum Gasteiger partial charge on any atom is 0.313 e. The van der Waals surface area contributed by atoms with Crippen molar-refractivity contribution in [2.45, 2.75) is 20.3 Å². The average Bonchev–Trinajstić information content (AvgIpc) is 2.96. The van der Waals surface area contributed by atoms with Crippen LogP contribution in [-0.4, -0.2) is 39.2 Å². The Balaban J connectivity index is 1.37. The summed E-state index contributed by atoms with van der Waals surface area (Å²) in [6.45, 7) is 3.72. The number of aryl methyl sites for hydroxylation is 2. The second-order valence-corrected chi connectivity index (χ2v) is 7.16. The molecule has 2 aromatic carbocycles. The molecule has 0 aliphatic carbocycles. The largest absolute Gasteiger partial charge is 0.426 e. The first kappa shape index (κ1) is 20.2. The molecule has 0 radical (unpaired) electrons. The molecule has 0 bridgehead atoms. The zero-order valence-corrected chi connectivity index (χ0v) is 17.1. The number of ether oxygens (including phenoxy) is 1. The monoisotopic (exact) mass is 416 g/mol. The van der Waals surface area contributed by atoms with E-state index in [4.69, 9.17) is 4.74 Å². The second-order valence-electron chi connectivity index (χ2n) is 7.16. The number of imide groups is 1. The van der Waals surface area contributed by atoms with Gasteiger partial charge in [0.2, 0.25) is 5.95 Å². The number of benzene rings is 2. The zero-order valence-electron chi connectivity index (χ0n) is 17.1. The predicted octanol–water partition coefficient (Wildman–Crippen LogP) is 3.43. The van der Waals surface area contributed by atoms with Crippen molar-refractivity contribution >= 4 is 29.4 Å². The van der Waals surface area contributed by atoms with Crippen molar-refractivity contribution < 1.29 is 19.1 Å². The molecule has 0 fully saturated rings. The normalized spacial score (nSPS) is 12.6. The van der Waals surface area contributed by atoms with E-state index in [1.54, 1.807) is 48.5 Å². The first-order chi connectivity index (χ1) is 14.9. The molecule has 0 atom stereocenters. The Labute approximate surface area is 178 Å². The average molecular weight is 416 g/mol. The summed E-state index contributed by atoms with van der Waals surface area (Å²) in [5.74, 6) is -0.550. The first-order valence-corrected chi connectivity index (χ1v) is 9.76. The minimum atomic E-state index is -0.545. The van der Waals surface area contributed by atoms with Crippen LogP contribution in [0.1, 0.15) is 38.5 Å². The van der Waals surface area contributed by atoms with E-state index in [1.165, 1.54) is 0 Å². The summed E-state index contributed by atoms with van der Waals surface area (Å²) in [5, 5.41) is 3.09. The number of nitrogens with one attached hydrogen (secondary N) is 1. The molecule has 3 aromatic rings. The van der Waals surface area contributed by atoms with Crippen LogP contribution in [0.2, 0.25) is 0 Å². The molecule has 0 saturated heterocycles. The third-order valence-corrected chi connectivity index (χ3v) is 4.72. The second kappa shape index (κ2) is 8.35. The molecule has 1 aliphatic rings. The van der Waals surface area contributed by atoms with Crippen molar-refractivity contribution in [2.75, 3.05) is 11.9 Å². The van der Waals surface area contributed by atoms with Crippen LogP contribution in [0.5, 0.6) is 5.75 Å². The topological polar surface area (TPSA) is 101 Å². The molecule has 1 aromatic heterocycles. The number of anilines is 2. The molecule has 2 amide bonds. The van der Waals surface area contributed by atoms with Gasteiger partial charge in [-0.15, -0.1) is 0 Å². The third-order valence-electron chi connectivity index (χ3n) is 4.72. The Morgan fingerprint density at radius 2 is 1.58 bits per heavy atom. The van der Waals surface area contributed by atoms with Crippen LogP contribution in [0.3, 0.4) is 0 Å². The molecular formula is C23H20N4O4. The van der Waals surface area contributed by atoms with E-state index < -0.39 is 17.8 Å². The SMILES string of the molecule is Cc1cc(C)nc(Nc2cccc(OC(=O)CCN3C(=O)c4ccccc4C3=O)c2)n1. The molecule has 31 heavy (non-hydrogen) atoms. The highest BCUT2D eigenvalue weighted by Crippen LogP contribution is 2.23. The number of hydrogen-bond donors (Lipinski definition) is 1. The molecule has 0 saturated carbocycles. The van der Waals surface area contributed by atoms with Gasteiger partial charge in [0.1, 0.15) is 5.75 Å². The van der Waals surface area contributed by atoms with E-state index >= 15 is 0 Å².